The van der Waals surface area contributed by atoms with Crippen molar-refractivity contribution in [1.82, 2.24) is 9.97 Å². The Bertz CT molecular complexity index is 879. The van der Waals surface area contributed by atoms with Crippen molar-refractivity contribution in [3.05, 3.63) is 80.0 Å². The third kappa shape index (κ3) is 3.65. The van der Waals surface area contributed by atoms with Gasteiger partial charge in [0.15, 0.2) is 11.4 Å². The summed E-state index contributed by atoms with van der Waals surface area (Å²) in [5, 5.41) is 16.3. The van der Waals surface area contributed by atoms with Crippen LogP contribution in [0.25, 0.3) is 0 Å². The van der Waals surface area contributed by atoms with E-state index in [9.17, 15) is 10.1 Å². The van der Waals surface area contributed by atoms with Gasteiger partial charge in [-0.2, -0.15) is 16.6 Å². The second-order valence-corrected chi connectivity index (χ2v) is 5.78. The van der Waals surface area contributed by atoms with Crippen LogP contribution in [0.2, 0.25) is 0 Å². The number of nitrogens with zero attached hydrogens (tertiary/aromatic N) is 2. The summed E-state index contributed by atoms with van der Waals surface area (Å²) in [4.78, 5) is 19.2. The third-order valence-electron chi connectivity index (χ3n) is 3.33. The summed E-state index contributed by atoms with van der Waals surface area (Å²) in [6.07, 6.45) is 0.532. The Morgan fingerprint density at radius 1 is 1.22 bits per heavy atom. The van der Waals surface area contributed by atoms with E-state index in [1.54, 1.807) is 11.3 Å². The number of thiophene rings is 1. The minimum Gasteiger partial charge on any atom is -0.365 e. The molecule has 0 saturated carbocycles. The average Bonchev–Trinajstić information content (AvgIpc) is 3.06. The van der Waals surface area contributed by atoms with Crippen molar-refractivity contribution in [3.8, 4) is 6.07 Å². The molecule has 0 fully saturated rings. The largest absolute Gasteiger partial charge is 0.365 e. The van der Waals surface area contributed by atoms with Crippen molar-refractivity contribution in [2.75, 3.05) is 5.32 Å². The van der Waals surface area contributed by atoms with Gasteiger partial charge in [0.1, 0.15) is 11.9 Å². The predicted octanol–water partition coefficient (Wildman–Crippen LogP) is 2.91. The highest BCUT2D eigenvalue weighted by Crippen LogP contribution is 2.13. The van der Waals surface area contributed by atoms with E-state index in [1.165, 1.54) is 0 Å². The van der Waals surface area contributed by atoms with E-state index in [4.69, 9.17) is 0 Å². The van der Waals surface area contributed by atoms with Crippen LogP contribution < -0.4 is 10.9 Å². The monoisotopic (exact) mass is 322 g/mol. The summed E-state index contributed by atoms with van der Waals surface area (Å²) in [6.45, 7) is 0.504. The first-order chi connectivity index (χ1) is 11.3. The fourth-order valence-electron chi connectivity index (χ4n) is 2.20. The summed E-state index contributed by atoms with van der Waals surface area (Å²) in [5.41, 5.74) is 1.73. The zero-order valence-corrected chi connectivity index (χ0v) is 13.1. The number of aromatic nitrogens is 2. The first-order valence-corrected chi connectivity index (χ1v) is 8.02. The zero-order chi connectivity index (χ0) is 16.1. The lowest BCUT2D eigenvalue weighted by molar-refractivity contribution is 0.934. The standard InChI is InChI=1S/C17H14N4OS/c18-9-14-16(19-10-12-4-2-1-3-5-12)20-15(21-17(14)22)8-13-6-7-23-11-13/h1-7,11H,8,10H2,(H2,19,20,21,22). The molecule has 1 aromatic carbocycles. The molecule has 3 aromatic rings. The van der Waals surface area contributed by atoms with Crippen molar-refractivity contribution in [1.29, 1.82) is 5.26 Å². The molecule has 6 heteroatoms. The Morgan fingerprint density at radius 2 is 2.04 bits per heavy atom. The normalized spacial score (nSPS) is 10.2. The van der Waals surface area contributed by atoms with Gasteiger partial charge in [0.05, 0.1) is 0 Å². The third-order valence-corrected chi connectivity index (χ3v) is 4.07. The van der Waals surface area contributed by atoms with Gasteiger partial charge in [-0.25, -0.2) is 4.98 Å². The second-order valence-electron chi connectivity index (χ2n) is 5.00. The van der Waals surface area contributed by atoms with E-state index in [1.807, 2.05) is 53.2 Å². The highest BCUT2D eigenvalue weighted by molar-refractivity contribution is 7.07. The van der Waals surface area contributed by atoms with E-state index in [0.29, 0.717) is 24.6 Å². The molecule has 0 radical (unpaired) electrons. The van der Waals surface area contributed by atoms with Crippen molar-refractivity contribution >= 4 is 17.2 Å². The van der Waals surface area contributed by atoms with E-state index in [-0.39, 0.29) is 5.56 Å². The molecule has 2 heterocycles. The lowest BCUT2D eigenvalue weighted by Crippen LogP contribution is -2.19. The molecule has 0 aliphatic rings. The molecule has 0 spiro atoms. The van der Waals surface area contributed by atoms with Gasteiger partial charge >= 0.3 is 0 Å². The number of hydrogen-bond donors (Lipinski definition) is 2. The van der Waals surface area contributed by atoms with Crippen LogP contribution in [0.1, 0.15) is 22.5 Å². The Kier molecular flexibility index (Phi) is 4.50. The van der Waals surface area contributed by atoms with Crippen molar-refractivity contribution < 1.29 is 0 Å². The minimum absolute atomic E-state index is 0.00926. The fraction of sp³-hybridized carbons (Fsp3) is 0.118. The molecule has 0 amide bonds. The number of anilines is 1. The number of H-pyrrole nitrogens is 1. The molecule has 0 unspecified atom stereocenters. The van der Waals surface area contributed by atoms with Crippen LogP contribution in [0.4, 0.5) is 5.82 Å². The highest BCUT2D eigenvalue weighted by Gasteiger charge is 2.11. The van der Waals surface area contributed by atoms with Gasteiger partial charge in [-0.15, -0.1) is 0 Å². The smallest absolute Gasteiger partial charge is 0.271 e. The summed E-state index contributed by atoms with van der Waals surface area (Å²) in [7, 11) is 0. The first kappa shape index (κ1) is 15.0. The van der Waals surface area contributed by atoms with Gasteiger partial charge in [0.25, 0.3) is 5.56 Å². The van der Waals surface area contributed by atoms with Gasteiger partial charge in [-0.05, 0) is 28.0 Å². The van der Waals surface area contributed by atoms with Crippen molar-refractivity contribution in [3.63, 3.8) is 0 Å². The molecular formula is C17H14N4OS. The molecular weight excluding hydrogens is 308 g/mol. The topological polar surface area (TPSA) is 81.6 Å². The van der Waals surface area contributed by atoms with E-state index in [2.05, 4.69) is 15.3 Å². The van der Waals surface area contributed by atoms with Crippen LogP contribution in [0, 0.1) is 11.3 Å². The quantitative estimate of drug-likeness (QED) is 0.757. The van der Waals surface area contributed by atoms with Crippen LogP contribution >= 0.6 is 11.3 Å². The van der Waals surface area contributed by atoms with Crippen LogP contribution in [0.3, 0.4) is 0 Å². The first-order valence-electron chi connectivity index (χ1n) is 7.08. The maximum absolute atomic E-state index is 12.1. The fourth-order valence-corrected chi connectivity index (χ4v) is 2.87. The number of aromatic amines is 1. The summed E-state index contributed by atoms with van der Waals surface area (Å²) in [5.74, 6) is 0.869. The number of benzene rings is 1. The molecule has 114 valence electrons. The molecule has 2 N–H and O–H groups in total. The molecule has 0 aliphatic carbocycles. The predicted molar refractivity (Wildman–Crippen MR) is 90.5 cm³/mol. The second kappa shape index (κ2) is 6.90. The summed E-state index contributed by atoms with van der Waals surface area (Å²) in [6, 6.07) is 13.7. The lowest BCUT2D eigenvalue weighted by Gasteiger charge is -2.09. The highest BCUT2D eigenvalue weighted by atomic mass is 32.1. The number of nitrogens with one attached hydrogen (secondary N) is 2. The van der Waals surface area contributed by atoms with Crippen LogP contribution in [-0.2, 0) is 13.0 Å². The van der Waals surface area contributed by atoms with E-state index < -0.39 is 5.56 Å². The summed E-state index contributed by atoms with van der Waals surface area (Å²) >= 11 is 1.59. The van der Waals surface area contributed by atoms with Crippen molar-refractivity contribution in [2.45, 2.75) is 13.0 Å². The number of hydrogen-bond acceptors (Lipinski definition) is 5. The number of nitriles is 1. The molecule has 0 atom stereocenters. The maximum Gasteiger partial charge on any atom is 0.271 e. The van der Waals surface area contributed by atoms with Crippen molar-refractivity contribution in [2.24, 2.45) is 0 Å². The molecule has 0 bridgehead atoms. The molecule has 2 aromatic heterocycles. The van der Waals surface area contributed by atoms with Crippen LogP contribution in [0.5, 0.6) is 0 Å². The van der Waals surface area contributed by atoms with Gasteiger partial charge < -0.3 is 10.3 Å². The number of rotatable bonds is 5. The molecule has 0 aliphatic heterocycles. The maximum atomic E-state index is 12.1. The van der Waals surface area contributed by atoms with Gasteiger partial charge in [-0.3, -0.25) is 4.79 Å². The molecule has 23 heavy (non-hydrogen) atoms. The van der Waals surface area contributed by atoms with Crippen LogP contribution in [-0.4, -0.2) is 9.97 Å². The average molecular weight is 322 g/mol. The van der Waals surface area contributed by atoms with Gasteiger partial charge in [0, 0.05) is 13.0 Å². The SMILES string of the molecule is N#Cc1c(NCc2ccccc2)nc(Cc2ccsc2)[nH]c1=O. The Labute approximate surface area is 137 Å². The van der Waals surface area contributed by atoms with E-state index in [0.717, 1.165) is 11.1 Å². The molecule has 0 saturated heterocycles. The minimum atomic E-state index is -0.414. The Morgan fingerprint density at radius 3 is 2.74 bits per heavy atom. The molecule has 5 nitrogen and oxygen atoms in total. The Hall–Kier alpha value is -2.91. The summed E-state index contributed by atoms with van der Waals surface area (Å²) < 4.78 is 0. The van der Waals surface area contributed by atoms with Gasteiger partial charge in [0.2, 0.25) is 0 Å². The lowest BCUT2D eigenvalue weighted by atomic mass is 10.2. The Balaban J connectivity index is 1.86. The van der Waals surface area contributed by atoms with Crippen LogP contribution in [0.15, 0.2) is 52.0 Å². The van der Waals surface area contributed by atoms with Gasteiger partial charge in [-0.1, -0.05) is 30.3 Å². The van der Waals surface area contributed by atoms with E-state index >= 15 is 0 Å². The zero-order valence-electron chi connectivity index (χ0n) is 12.2. The molecule has 3 rings (SSSR count).